The summed E-state index contributed by atoms with van der Waals surface area (Å²) >= 11 is 1.70. The molecule has 3 aromatic rings. The van der Waals surface area contributed by atoms with Crippen molar-refractivity contribution < 1.29 is 14.6 Å². The fourth-order valence-electron chi connectivity index (χ4n) is 4.80. The van der Waals surface area contributed by atoms with E-state index in [9.17, 15) is 9.90 Å². The smallest absolute Gasteiger partial charge is 0.308 e. The van der Waals surface area contributed by atoms with Gasteiger partial charge in [0.15, 0.2) is 0 Å². The monoisotopic (exact) mass is 480 g/mol. The number of benzene rings is 1. The molecule has 0 bridgehead atoms. The number of carboxylic acid groups (broad SMARTS) is 1. The third kappa shape index (κ3) is 6.45. The summed E-state index contributed by atoms with van der Waals surface area (Å²) in [5.74, 6) is 1.06. The largest absolute Gasteiger partial charge is 0.497 e. The highest BCUT2D eigenvalue weighted by atomic mass is 32.2. The third-order valence-electron chi connectivity index (χ3n) is 6.63. The lowest BCUT2D eigenvalue weighted by atomic mass is 9.81. The molecule has 1 N–H and O–H groups in total. The summed E-state index contributed by atoms with van der Waals surface area (Å²) < 4.78 is 5.38. The van der Waals surface area contributed by atoms with E-state index in [1.807, 2.05) is 24.4 Å². The normalized spacial score (nSPS) is 18.7. The van der Waals surface area contributed by atoms with Crippen LogP contribution in [-0.2, 0) is 11.2 Å². The van der Waals surface area contributed by atoms with E-state index in [0.29, 0.717) is 6.54 Å². The van der Waals surface area contributed by atoms with Crippen molar-refractivity contribution >= 4 is 28.6 Å². The van der Waals surface area contributed by atoms with Gasteiger partial charge in [-0.25, -0.2) is 4.98 Å². The van der Waals surface area contributed by atoms with Crippen LogP contribution < -0.4 is 4.74 Å². The minimum absolute atomic E-state index is 0.227. The molecule has 1 aliphatic heterocycles. The summed E-state index contributed by atoms with van der Waals surface area (Å²) in [6, 6.07) is 8.02. The van der Waals surface area contributed by atoms with Crippen LogP contribution >= 0.6 is 11.8 Å². The topological polar surface area (TPSA) is 88.4 Å². The molecule has 0 saturated carbocycles. The molecule has 7 nitrogen and oxygen atoms in total. The summed E-state index contributed by atoms with van der Waals surface area (Å²) in [5.41, 5.74) is 2.21. The average Bonchev–Trinajstić information content (AvgIpc) is 2.87. The van der Waals surface area contributed by atoms with Crippen LogP contribution in [0.4, 0.5) is 0 Å². The third-order valence-corrected chi connectivity index (χ3v) is 7.62. The van der Waals surface area contributed by atoms with Crippen LogP contribution in [0.5, 0.6) is 5.75 Å². The molecule has 1 fully saturated rings. The molecule has 0 amide bonds. The van der Waals surface area contributed by atoms with Crippen molar-refractivity contribution in [2.45, 2.75) is 37.1 Å². The van der Waals surface area contributed by atoms with Crippen molar-refractivity contribution in [2.24, 2.45) is 11.8 Å². The number of methoxy groups -OCH3 is 1. The minimum atomic E-state index is -0.664. The van der Waals surface area contributed by atoms with Crippen molar-refractivity contribution in [2.75, 3.05) is 32.5 Å². The number of pyridine rings is 1. The van der Waals surface area contributed by atoms with Gasteiger partial charge < -0.3 is 14.7 Å². The molecule has 3 heterocycles. The van der Waals surface area contributed by atoms with E-state index in [1.165, 1.54) is 5.56 Å². The fourth-order valence-corrected chi connectivity index (χ4v) is 5.56. The van der Waals surface area contributed by atoms with Crippen LogP contribution in [-0.4, -0.2) is 63.4 Å². The van der Waals surface area contributed by atoms with Gasteiger partial charge in [0.05, 0.1) is 24.7 Å². The van der Waals surface area contributed by atoms with E-state index >= 15 is 0 Å². The van der Waals surface area contributed by atoms with Crippen molar-refractivity contribution in [1.82, 2.24) is 19.9 Å². The Labute approximate surface area is 205 Å². The van der Waals surface area contributed by atoms with Crippen molar-refractivity contribution in [1.29, 1.82) is 0 Å². The van der Waals surface area contributed by atoms with Gasteiger partial charge in [0.25, 0.3) is 0 Å². The molecule has 2 atom stereocenters. The van der Waals surface area contributed by atoms with Crippen molar-refractivity contribution in [3.63, 3.8) is 0 Å². The highest BCUT2D eigenvalue weighted by Gasteiger charge is 2.33. The van der Waals surface area contributed by atoms with E-state index in [1.54, 1.807) is 37.5 Å². The maximum Gasteiger partial charge on any atom is 0.308 e. The van der Waals surface area contributed by atoms with E-state index in [0.717, 1.165) is 72.6 Å². The molecule has 2 aromatic heterocycles. The zero-order chi connectivity index (χ0) is 23.8. The second-order valence-corrected chi connectivity index (χ2v) is 9.90. The number of ether oxygens (including phenoxy) is 1. The molecule has 1 aromatic carbocycles. The van der Waals surface area contributed by atoms with Gasteiger partial charge in [-0.15, -0.1) is 11.8 Å². The van der Waals surface area contributed by atoms with Gasteiger partial charge in [-0.1, -0.05) is 0 Å². The van der Waals surface area contributed by atoms with Gasteiger partial charge in [0, 0.05) is 36.3 Å². The van der Waals surface area contributed by atoms with Crippen molar-refractivity contribution in [3.8, 4) is 5.75 Å². The number of thioether (sulfide) groups is 1. The van der Waals surface area contributed by atoms with Crippen molar-refractivity contribution in [3.05, 3.63) is 54.6 Å². The van der Waals surface area contributed by atoms with E-state index in [4.69, 9.17) is 4.74 Å². The maximum atomic E-state index is 12.0. The van der Waals surface area contributed by atoms with E-state index in [-0.39, 0.29) is 11.8 Å². The van der Waals surface area contributed by atoms with Crippen LogP contribution in [0, 0.1) is 11.8 Å². The quantitative estimate of drug-likeness (QED) is 0.316. The van der Waals surface area contributed by atoms with Crippen LogP contribution in [0.15, 0.2) is 54.1 Å². The number of nitrogens with zero attached hydrogens (tertiary/aromatic N) is 4. The van der Waals surface area contributed by atoms with Gasteiger partial charge in [0.1, 0.15) is 10.8 Å². The van der Waals surface area contributed by atoms with E-state index < -0.39 is 5.97 Å². The molecule has 8 heteroatoms. The minimum Gasteiger partial charge on any atom is -0.497 e. The molecule has 180 valence electrons. The van der Waals surface area contributed by atoms with Crippen LogP contribution in [0.2, 0.25) is 0 Å². The first-order valence-electron chi connectivity index (χ1n) is 11.9. The zero-order valence-electron chi connectivity index (χ0n) is 19.6. The highest BCUT2D eigenvalue weighted by molar-refractivity contribution is 7.99. The lowest BCUT2D eigenvalue weighted by Crippen LogP contribution is -2.44. The number of hydrogen-bond acceptors (Lipinski definition) is 7. The molecule has 0 radical (unpaired) electrons. The molecular formula is C26H32N4O3S. The number of likely N-dealkylation sites (tertiary alicyclic amines) is 1. The van der Waals surface area contributed by atoms with Gasteiger partial charge in [0.2, 0.25) is 0 Å². The molecule has 1 aliphatic rings. The Morgan fingerprint density at radius 2 is 2.12 bits per heavy atom. The summed E-state index contributed by atoms with van der Waals surface area (Å²) in [4.78, 5) is 27.2. The second kappa shape index (κ2) is 12.1. The number of fused-ring (bicyclic) bond motifs is 1. The van der Waals surface area contributed by atoms with Gasteiger partial charge in [-0.3, -0.25) is 14.8 Å². The number of aryl methyl sites for hydroxylation is 1. The highest BCUT2D eigenvalue weighted by Crippen LogP contribution is 2.30. The summed E-state index contributed by atoms with van der Waals surface area (Å²) in [7, 11) is 1.67. The fraction of sp³-hybridized carbons (Fsp3) is 0.462. The Morgan fingerprint density at radius 1 is 1.21 bits per heavy atom. The number of piperidine rings is 1. The second-order valence-electron chi connectivity index (χ2n) is 8.79. The molecular weight excluding hydrogens is 448 g/mol. The number of aromatic nitrogens is 3. The Hall–Kier alpha value is -2.71. The van der Waals surface area contributed by atoms with E-state index in [2.05, 4.69) is 25.9 Å². The number of hydrogen-bond donors (Lipinski definition) is 1. The average molecular weight is 481 g/mol. The summed E-state index contributed by atoms with van der Waals surface area (Å²) in [6.07, 6.45) is 11.8. The summed E-state index contributed by atoms with van der Waals surface area (Å²) in [6.45, 7) is 2.54. The van der Waals surface area contributed by atoms with Gasteiger partial charge >= 0.3 is 5.97 Å². The lowest BCUT2D eigenvalue weighted by molar-refractivity contribution is -0.146. The number of aliphatic carboxylic acids is 1. The van der Waals surface area contributed by atoms with Gasteiger partial charge in [-0.2, -0.15) is 0 Å². The Morgan fingerprint density at radius 3 is 2.91 bits per heavy atom. The number of carboxylic acids is 1. The Kier molecular flexibility index (Phi) is 8.71. The molecule has 0 unspecified atom stereocenters. The first-order chi connectivity index (χ1) is 16.6. The number of carbonyl (C=O) groups is 1. The number of rotatable bonds is 11. The zero-order valence-corrected chi connectivity index (χ0v) is 20.4. The lowest BCUT2D eigenvalue weighted by Gasteiger charge is -2.36. The molecule has 0 aliphatic carbocycles. The van der Waals surface area contributed by atoms with Gasteiger partial charge in [-0.05, 0) is 80.9 Å². The first-order valence-corrected chi connectivity index (χ1v) is 12.9. The molecule has 0 spiro atoms. The Balaban J connectivity index is 1.26. The standard InChI is InChI=1S/C26H32N4O3S/c1-33-21-6-7-24-22(16-21)19(8-10-28-24)4-2-5-20-9-14-30(18-23(20)26(31)32)13-3-15-34-25-17-27-11-12-29-25/h6-8,10-12,16-17,20,23H,2-5,9,13-15,18H2,1H3,(H,31,32)/t20-,23+/m1/s1. The maximum absolute atomic E-state index is 12.0. The SMILES string of the molecule is COc1ccc2nccc(CCC[C@@H]3CCN(CCCSc4cnccn4)C[C@@H]3C(=O)O)c2c1. The predicted octanol–water partition coefficient (Wildman–Crippen LogP) is 4.56. The first kappa shape index (κ1) is 24.4. The molecule has 34 heavy (non-hydrogen) atoms. The van der Waals surface area contributed by atoms with Crippen LogP contribution in [0.3, 0.4) is 0 Å². The predicted molar refractivity (Wildman–Crippen MR) is 134 cm³/mol. The molecule has 4 rings (SSSR count). The molecule has 1 saturated heterocycles. The summed E-state index contributed by atoms with van der Waals surface area (Å²) in [5, 5.41) is 11.9. The van der Waals surface area contributed by atoms with Crippen LogP contribution in [0.1, 0.15) is 31.2 Å². The van der Waals surface area contributed by atoms with Crippen LogP contribution in [0.25, 0.3) is 10.9 Å². The Bertz CT molecular complexity index is 1080.